The Morgan fingerprint density at radius 2 is 2.07 bits per heavy atom. The fourth-order valence-corrected chi connectivity index (χ4v) is 0.806. The zero-order chi connectivity index (χ0) is 11.0. The molecule has 0 saturated heterocycles. The minimum atomic E-state index is 0.857. The van der Waals surface area contributed by atoms with E-state index in [9.17, 15) is 0 Å². The Labute approximate surface area is 87.3 Å². The molecule has 0 unspecified atom stereocenters. The van der Waals surface area contributed by atoms with Crippen molar-refractivity contribution in [2.24, 2.45) is 0 Å². The lowest BCUT2D eigenvalue weighted by Crippen LogP contribution is -2.11. The van der Waals surface area contributed by atoms with Crippen molar-refractivity contribution in [1.82, 2.24) is 5.32 Å². The van der Waals surface area contributed by atoms with Gasteiger partial charge in [0, 0.05) is 12.2 Å². The van der Waals surface area contributed by atoms with E-state index in [0.717, 1.165) is 30.9 Å². The molecule has 0 spiro atoms. The summed E-state index contributed by atoms with van der Waals surface area (Å²) in [5.74, 6) is 1.03. The van der Waals surface area contributed by atoms with Gasteiger partial charge >= 0.3 is 0 Å². The Balaban J connectivity index is 0.000000292. The van der Waals surface area contributed by atoms with Crippen molar-refractivity contribution in [3.63, 3.8) is 0 Å². The number of ether oxygens (including phenoxy) is 1. The Hall–Kier alpha value is -1.18. The molecule has 1 rings (SSSR count). The van der Waals surface area contributed by atoms with Gasteiger partial charge in [0.1, 0.15) is 5.76 Å². The first kappa shape index (κ1) is 12.8. The van der Waals surface area contributed by atoms with E-state index < -0.39 is 0 Å². The maximum atomic E-state index is 5.33. The van der Waals surface area contributed by atoms with Crippen LogP contribution in [-0.2, 0) is 4.74 Å². The minimum absolute atomic E-state index is 0.857. The largest absolute Gasteiger partial charge is 0.496 e. The fourth-order valence-electron chi connectivity index (χ4n) is 0.806. The molecule has 0 radical (unpaired) electrons. The van der Waals surface area contributed by atoms with Crippen molar-refractivity contribution < 1.29 is 4.74 Å². The molecule has 0 fully saturated rings. The predicted octanol–water partition coefficient (Wildman–Crippen LogP) is 3.00. The van der Waals surface area contributed by atoms with Gasteiger partial charge in [-0.25, -0.2) is 0 Å². The van der Waals surface area contributed by atoms with Crippen LogP contribution in [0.25, 0.3) is 0 Å². The first-order valence-electron chi connectivity index (χ1n) is 4.90. The van der Waals surface area contributed by atoms with Crippen molar-refractivity contribution in [1.29, 1.82) is 0 Å². The van der Waals surface area contributed by atoms with Gasteiger partial charge in [-0.15, -0.1) is 0 Å². The molecule has 0 saturated carbocycles. The van der Waals surface area contributed by atoms with Gasteiger partial charge in [0.15, 0.2) is 0 Å². The van der Waals surface area contributed by atoms with Crippen LogP contribution in [0.4, 0.5) is 0 Å². The zero-order valence-electron chi connectivity index (χ0n) is 9.52. The number of hydrogen-bond donors (Lipinski definition) is 1. The van der Waals surface area contributed by atoms with Crippen LogP contribution >= 0.6 is 0 Å². The molecule has 0 aliphatic carbocycles. The molecule has 1 heterocycles. The van der Waals surface area contributed by atoms with Crippen LogP contribution in [0.3, 0.4) is 0 Å². The highest BCUT2D eigenvalue weighted by Gasteiger charge is 2.01. The molecule has 1 aliphatic heterocycles. The topological polar surface area (TPSA) is 21.3 Å². The van der Waals surface area contributed by atoms with E-state index in [-0.39, 0.29) is 0 Å². The Kier molecular flexibility index (Phi) is 6.63. The summed E-state index contributed by atoms with van der Waals surface area (Å²) in [4.78, 5) is 0. The van der Waals surface area contributed by atoms with Crippen LogP contribution in [0.2, 0.25) is 0 Å². The second kappa shape index (κ2) is 7.25. The molecule has 80 valence electrons. The molecule has 0 bridgehead atoms. The van der Waals surface area contributed by atoms with E-state index in [0.29, 0.717) is 0 Å². The van der Waals surface area contributed by atoms with E-state index >= 15 is 0 Å². The van der Waals surface area contributed by atoms with Crippen LogP contribution in [-0.4, -0.2) is 13.2 Å². The van der Waals surface area contributed by atoms with Crippen LogP contribution in [0, 0.1) is 0 Å². The third kappa shape index (κ3) is 6.35. The number of hydrogen-bond acceptors (Lipinski definition) is 2. The van der Waals surface area contributed by atoms with Crippen molar-refractivity contribution in [2.45, 2.75) is 27.2 Å². The monoisotopic (exact) mass is 195 g/mol. The summed E-state index contributed by atoms with van der Waals surface area (Å²) >= 11 is 0. The lowest BCUT2D eigenvalue weighted by atomic mass is 10.4. The van der Waals surface area contributed by atoms with Crippen molar-refractivity contribution >= 4 is 0 Å². The average molecular weight is 195 g/mol. The molecule has 2 heteroatoms. The normalized spacial score (nSPS) is 15.4. The van der Waals surface area contributed by atoms with Crippen LogP contribution in [0.5, 0.6) is 0 Å². The SMILES string of the molecule is C=CC(=C)C.CC1=C(C)OCCCN1. The van der Waals surface area contributed by atoms with Crippen molar-refractivity contribution in [2.75, 3.05) is 13.2 Å². The summed E-state index contributed by atoms with van der Waals surface area (Å²) in [5.41, 5.74) is 2.19. The number of nitrogens with one attached hydrogen (secondary N) is 1. The molecular formula is C12H21NO. The van der Waals surface area contributed by atoms with Gasteiger partial charge in [-0.1, -0.05) is 24.8 Å². The second-order valence-electron chi connectivity index (χ2n) is 3.36. The van der Waals surface area contributed by atoms with Crippen LogP contribution < -0.4 is 5.32 Å². The van der Waals surface area contributed by atoms with E-state index in [1.54, 1.807) is 6.08 Å². The van der Waals surface area contributed by atoms with Crippen molar-refractivity contribution in [3.05, 3.63) is 36.3 Å². The third-order valence-electron chi connectivity index (χ3n) is 1.91. The summed E-state index contributed by atoms with van der Waals surface area (Å²) in [6, 6.07) is 0. The molecular weight excluding hydrogens is 174 g/mol. The van der Waals surface area contributed by atoms with Crippen molar-refractivity contribution in [3.8, 4) is 0 Å². The Morgan fingerprint density at radius 3 is 2.57 bits per heavy atom. The van der Waals surface area contributed by atoms with Gasteiger partial charge in [0.05, 0.1) is 6.61 Å². The predicted molar refractivity (Wildman–Crippen MR) is 62.0 cm³/mol. The first-order chi connectivity index (χ1) is 6.57. The quantitative estimate of drug-likeness (QED) is 0.649. The van der Waals surface area contributed by atoms with Gasteiger partial charge in [0.25, 0.3) is 0 Å². The Bertz CT molecular complexity index is 214. The van der Waals surface area contributed by atoms with E-state index in [4.69, 9.17) is 4.74 Å². The standard InChI is InChI=1S/C7H13NO.C5H8/c1-6-7(2)9-5-3-4-8-6;1-4-5(2)3/h8H,3-5H2,1-2H3;4H,1-2H2,3H3. The minimum Gasteiger partial charge on any atom is -0.496 e. The zero-order valence-corrected chi connectivity index (χ0v) is 9.52. The summed E-state index contributed by atoms with van der Waals surface area (Å²) in [5, 5.41) is 3.25. The van der Waals surface area contributed by atoms with E-state index in [1.807, 2.05) is 20.8 Å². The second-order valence-corrected chi connectivity index (χ2v) is 3.36. The van der Waals surface area contributed by atoms with Crippen LogP contribution in [0.1, 0.15) is 27.2 Å². The third-order valence-corrected chi connectivity index (χ3v) is 1.91. The van der Waals surface area contributed by atoms with E-state index in [2.05, 4.69) is 18.5 Å². The molecule has 1 aliphatic rings. The molecule has 0 aromatic carbocycles. The Morgan fingerprint density at radius 1 is 1.50 bits per heavy atom. The van der Waals surface area contributed by atoms with Gasteiger partial charge in [-0.05, 0) is 27.2 Å². The van der Waals surface area contributed by atoms with Gasteiger partial charge < -0.3 is 10.1 Å². The summed E-state index contributed by atoms with van der Waals surface area (Å²) < 4.78 is 5.33. The molecule has 1 N–H and O–H groups in total. The molecule has 0 aromatic rings. The highest BCUT2D eigenvalue weighted by atomic mass is 16.5. The van der Waals surface area contributed by atoms with Gasteiger partial charge in [-0.2, -0.15) is 0 Å². The highest BCUT2D eigenvalue weighted by molar-refractivity contribution is 5.05. The van der Waals surface area contributed by atoms with E-state index in [1.165, 1.54) is 5.70 Å². The highest BCUT2D eigenvalue weighted by Crippen LogP contribution is 2.05. The van der Waals surface area contributed by atoms with Gasteiger partial charge in [0.2, 0.25) is 0 Å². The van der Waals surface area contributed by atoms with Crippen LogP contribution in [0.15, 0.2) is 36.3 Å². The summed E-state index contributed by atoms with van der Waals surface area (Å²) in [7, 11) is 0. The summed E-state index contributed by atoms with van der Waals surface area (Å²) in [6.07, 6.45) is 2.83. The lowest BCUT2D eigenvalue weighted by molar-refractivity contribution is 0.216. The molecule has 0 atom stereocenters. The molecule has 2 nitrogen and oxygen atoms in total. The lowest BCUT2D eigenvalue weighted by Gasteiger charge is -2.03. The average Bonchev–Trinajstić information content (AvgIpc) is 2.33. The van der Waals surface area contributed by atoms with Gasteiger partial charge in [-0.3, -0.25) is 0 Å². The summed E-state index contributed by atoms with van der Waals surface area (Å²) in [6.45, 7) is 14.9. The number of allylic oxidation sites excluding steroid dienone is 4. The maximum absolute atomic E-state index is 5.33. The number of rotatable bonds is 1. The molecule has 14 heavy (non-hydrogen) atoms. The fraction of sp³-hybridized carbons (Fsp3) is 0.500. The maximum Gasteiger partial charge on any atom is 0.111 e. The molecule has 0 amide bonds. The smallest absolute Gasteiger partial charge is 0.111 e. The first-order valence-corrected chi connectivity index (χ1v) is 4.90. The molecule has 0 aromatic heterocycles.